The lowest BCUT2D eigenvalue weighted by molar-refractivity contribution is 0.582. The Labute approximate surface area is 98.0 Å². The van der Waals surface area contributed by atoms with Crippen molar-refractivity contribution < 1.29 is 4.42 Å². The van der Waals surface area contributed by atoms with Gasteiger partial charge in [0, 0.05) is 11.1 Å². The Hall–Kier alpha value is -1.80. The maximum atomic E-state index is 5.42. The van der Waals surface area contributed by atoms with Gasteiger partial charge in [-0.1, -0.05) is 30.3 Å². The number of thiophene rings is 1. The smallest absolute Gasteiger partial charge is 0.135 e. The Balaban J connectivity index is 2.14. The van der Waals surface area contributed by atoms with E-state index in [0.717, 1.165) is 11.3 Å². The van der Waals surface area contributed by atoms with E-state index in [-0.39, 0.29) is 0 Å². The summed E-state index contributed by atoms with van der Waals surface area (Å²) in [6.45, 7) is 0. The summed E-state index contributed by atoms with van der Waals surface area (Å²) >= 11 is 1.57. The zero-order chi connectivity index (χ0) is 10.8. The molecule has 2 heterocycles. The SMILES string of the molecule is [c]1scc(-c2ccccc2)c1-c1ccco1. The Morgan fingerprint density at radius 2 is 1.88 bits per heavy atom. The van der Waals surface area contributed by atoms with Gasteiger partial charge in [0.25, 0.3) is 0 Å². The molecule has 3 aromatic rings. The molecule has 2 heteroatoms. The normalized spacial score (nSPS) is 10.5. The van der Waals surface area contributed by atoms with Gasteiger partial charge in [-0.2, -0.15) is 0 Å². The first-order valence-corrected chi connectivity index (χ1v) is 5.91. The van der Waals surface area contributed by atoms with Gasteiger partial charge < -0.3 is 4.42 Å². The Kier molecular flexibility index (Phi) is 2.35. The minimum absolute atomic E-state index is 0.875. The van der Waals surface area contributed by atoms with Gasteiger partial charge in [0.1, 0.15) is 5.76 Å². The summed E-state index contributed by atoms with van der Waals surface area (Å²) in [6.07, 6.45) is 1.69. The van der Waals surface area contributed by atoms with Gasteiger partial charge in [-0.3, -0.25) is 0 Å². The number of benzene rings is 1. The predicted molar refractivity (Wildman–Crippen MR) is 66.3 cm³/mol. The van der Waals surface area contributed by atoms with Crippen molar-refractivity contribution in [1.29, 1.82) is 0 Å². The summed E-state index contributed by atoms with van der Waals surface area (Å²) in [6, 6.07) is 14.2. The van der Waals surface area contributed by atoms with Gasteiger partial charge >= 0.3 is 0 Å². The van der Waals surface area contributed by atoms with Gasteiger partial charge in [-0.15, -0.1) is 11.3 Å². The van der Waals surface area contributed by atoms with Crippen LogP contribution in [0.1, 0.15) is 0 Å². The molecular weight excluding hydrogens is 216 g/mol. The third kappa shape index (κ3) is 1.57. The van der Waals surface area contributed by atoms with E-state index >= 15 is 0 Å². The predicted octanol–water partition coefficient (Wildman–Crippen LogP) is 4.48. The Bertz CT molecular complexity index is 564. The number of hydrogen-bond donors (Lipinski definition) is 0. The second-order valence-corrected chi connectivity index (χ2v) is 4.15. The van der Waals surface area contributed by atoms with Crippen LogP contribution in [0.2, 0.25) is 0 Å². The molecule has 77 valence electrons. The van der Waals surface area contributed by atoms with Crippen LogP contribution in [0.15, 0.2) is 58.5 Å². The molecule has 0 unspecified atom stereocenters. The zero-order valence-corrected chi connectivity index (χ0v) is 9.33. The minimum Gasteiger partial charge on any atom is -0.464 e. The largest absolute Gasteiger partial charge is 0.464 e. The minimum atomic E-state index is 0.875. The number of rotatable bonds is 2. The fourth-order valence-corrected chi connectivity index (χ4v) is 2.45. The second-order valence-electron chi connectivity index (χ2n) is 3.47. The first-order chi connectivity index (χ1) is 7.95. The number of furan rings is 1. The van der Waals surface area contributed by atoms with Crippen LogP contribution < -0.4 is 0 Å². The van der Waals surface area contributed by atoms with E-state index in [1.54, 1.807) is 17.6 Å². The molecule has 0 atom stereocenters. The molecule has 0 bridgehead atoms. The Morgan fingerprint density at radius 3 is 2.62 bits per heavy atom. The molecule has 0 saturated heterocycles. The number of hydrogen-bond acceptors (Lipinski definition) is 2. The first-order valence-electron chi connectivity index (χ1n) is 5.03. The van der Waals surface area contributed by atoms with Crippen molar-refractivity contribution in [2.24, 2.45) is 0 Å². The highest BCUT2D eigenvalue weighted by Gasteiger charge is 2.10. The molecule has 0 amide bonds. The van der Waals surface area contributed by atoms with E-state index < -0.39 is 0 Å². The van der Waals surface area contributed by atoms with Crippen molar-refractivity contribution in [2.45, 2.75) is 0 Å². The average molecular weight is 225 g/mol. The maximum absolute atomic E-state index is 5.42. The third-order valence-corrected chi connectivity index (χ3v) is 3.13. The first kappa shape index (κ1) is 9.43. The van der Waals surface area contributed by atoms with E-state index in [1.165, 1.54) is 11.1 Å². The summed E-state index contributed by atoms with van der Waals surface area (Å²) in [4.78, 5) is 0. The van der Waals surface area contributed by atoms with E-state index in [9.17, 15) is 0 Å². The molecule has 2 aromatic heterocycles. The molecule has 1 radical (unpaired) electrons. The second kappa shape index (κ2) is 3.99. The summed E-state index contributed by atoms with van der Waals surface area (Å²) in [5.74, 6) is 0.875. The molecular formula is C14H9OS. The van der Waals surface area contributed by atoms with E-state index in [0.29, 0.717) is 0 Å². The van der Waals surface area contributed by atoms with Crippen LogP contribution in [0, 0.1) is 5.38 Å². The highest BCUT2D eigenvalue weighted by Crippen LogP contribution is 2.34. The van der Waals surface area contributed by atoms with Gasteiger partial charge in [-0.25, -0.2) is 0 Å². The summed E-state index contributed by atoms with van der Waals surface area (Å²) in [5, 5.41) is 5.36. The molecule has 3 rings (SSSR count). The van der Waals surface area contributed by atoms with Crippen LogP contribution in [0.5, 0.6) is 0 Å². The van der Waals surface area contributed by atoms with Crippen LogP contribution in [-0.2, 0) is 0 Å². The zero-order valence-electron chi connectivity index (χ0n) is 8.51. The standard InChI is InChI=1S/C14H9OS/c1-2-5-11(6-3-1)12-9-16-10-13(12)14-7-4-8-15-14/h1-9H. The van der Waals surface area contributed by atoms with Gasteiger partial charge in [0.05, 0.1) is 11.6 Å². The Morgan fingerprint density at radius 1 is 1.00 bits per heavy atom. The quantitative estimate of drug-likeness (QED) is 0.627. The van der Waals surface area contributed by atoms with Crippen LogP contribution in [0.4, 0.5) is 0 Å². The topological polar surface area (TPSA) is 13.1 Å². The van der Waals surface area contributed by atoms with Crippen molar-refractivity contribution in [1.82, 2.24) is 0 Å². The van der Waals surface area contributed by atoms with E-state index in [1.807, 2.05) is 30.3 Å². The van der Waals surface area contributed by atoms with Crippen molar-refractivity contribution >= 4 is 11.3 Å². The summed E-state index contributed by atoms with van der Waals surface area (Å²) in [7, 11) is 0. The summed E-state index contributed by atoms with van der Waals surface area (Å²) < 4.78 is 5.42. The van der Waals surface area contributed by atoms with Crippen molar-refractivity contribution in [2.75, 3.05) is 0 Å². The fourth-order valence-electron chi connectivity index (χ4n) is 1.70. The van der Waals surface area contributed by atoms with Crippen LogP contribution >= 0.6 is 11.3 Å². The fraction of sp³-hybridized carbons (Fsp3) is 0. The molecule has 0 spiro atoms. The van der Waals surface area contributed by atoms with Crippen molar-refractivity contribution in [3.05, 3.63) is 59.5 Å². The van der Waals surface area contributed by atoms with Crippen LogP contribution in [0.25, 0.3) is 22.5 Å². The van der Waals surface area contributed by atoms with Crippen LogP contribution in [-0.4, -0.2) is 0 Å². The average Bonchev–Trinajstić information content (AvgIpc) is 3.01. The van der Waals surface area contributed by atoms with E-state index in [2.05, 4.69) is 22.9 Å². The summed E-state index contributed by atoms with van der Waals surface area (Å²) in [5.41, 5.74) is 3.42. The van der Waals surface area contributed by atoms with Crippen molar-refractivity contribution in [3.63, 3.8) is 0 Å². The lowest BCUT2D eigenvalue weighted by atomic mass is 10.0. The lowest BCUT2D eigenvalue weighted by Gasteiger charge is -2.00. The van der Waals surface area contributed by atoms with Gasteiger partial charge in [0.15, 0.2) is 0 Å². The lowest BCUT2D eigenvalue weighted by Crippen LogP contribution is -1.77. The molecule has 16 heavy (non-hydrogen) atoms. The highest BCUT2D eigenvalue weighted by molar-refractivity contribution is 7.08. The molecule has 0 aliphatic rings. The van der Waals surface area contributed by atoms with Crippen LogP contribution in [0.3, 0.4) is 0 Å². The molecule has 1 nitrogen and oxygen atoms in total. The monoisotopic (exact) mass is 225 g/mol. The maximum Gasteiger partial charge on any atom is 0.135 e. The molecule has 0 aliphatic heterocycles. The van der Waals surface area contributed by atoms with Gasteiger partial charge in [-0.05, 0) is 23.1 Å². The molecule has 0 aliphatic carbocycles. The van der Waals surface area contributed by atoms with E-state index in [4.69, 9.17) is 4.42 Å². The molecule has 0 fully saturated rings. The van der Waals surface area contributed by atoms with Crippen molar-refractivity contribution in [3.8, 4) is 22.5 Å². The third-order valence-electron chi connectivity index (χ3n) is 2.46. The molecule has 1 aromatic carbocycles. The molecule has 0 saturated carbocycles. The molecule has 0 N–H and O–H groups in total. The van der Waals surface area contributed by atoms with Gasteiger partial charge in [0.2, 0.25) is 0 Å². The highest BCUT2D eigenvalue weighted by atomic mass is 32.1.